The lowest BCUT2D eigenvalue weighted by Crippen LogP contribution is -2.15. The second-order valence-electron chi connectivity index (χ2n) is 4.43. The van der Waals surface area contributed by atoms with Crippen molar-refractivity contribution >= 4 is 5.82 Å². The van der Waals surface area contributed by atoms with E-state index in [2.05, 4.69) is 10.3 Å². The Labute approximate surface area is 97.2 Å². The molecule has 3 nitrogen and oxygen atoms in total. The van der Waals surface area contributed by atoms with Crippen LogP contribution in [0.3, 0.4) is 0 Å². The number of ether oxygens (including phenoxy) is 1. The first-order chi connectivity index (χ1) is 7.88. The van der Waals surface area contributed by atoms with Gasteiger partial charge in [-0.15, -0.1) is 0 Å². The average molecular weight is 220 g/mol. The number of rotatable bonds is 4. The number of hydrogen-bond acceptors (Lipinski definition) is 3. The fourth-order valence-corrected chi connectivity index (χ4v) is 2.19. The molecule has 1 fully saturated rings. The molecule has 0 saturated heterocycles. The Kier molecular flexibility index (Phi) is 4.03. The molecule has 88 valence electrons. The highest BCUT2D eigenvalue weighted by molar-refractivity contribution is 5.35. The number of pyridine rings is 1. The van der Waals surface area contributed by atoms with Gasteiger partial charge in [0.2, 0.25) is 5.88 Å². The van der Waals surface area contributed by atoms with Gasteiger partial charge in [-0.25, -0.2) is 0 Å². The Morgan fingerprint density at radius 1 is 1.31 bits per heavy atom. The van der Waals surface area contributed by atoms with E-state index in [1.165, 1.54) is 32.1 Å². The second kappa shape index (κ2) is 5.73. The van der Waals surface area contributed by atoms with Gasteiger partial charge in [0.1, 0.15) is 5.82 Å². The van der Waals surface area contributed by atoms with E-state index < -0.39 is 0 Å². The van der Waals surface area contributed by atoms with Gasteiger partial charge < -0.3 is 10.1 Å². The number of nitrogens with zero attached hydrogens (tertiary/aromatic N) is 1. The Bertz CT molecular complexity index is 321. The smallest absolute Gasteiger partial charge is 0.215 e. The molecule has 2 rings (SSSR count). The molecule has 0 bridgehead atoms. The van der Waals surface area contributed by atoms with E-state index in [1.807, 2.05) is 25.2 Å². The van der Waals surface area contributed by atoms with Crippen molar-refractivity contribution in [3.63, 3.8) is 0 Å². The first kappa shape index (κ1) is 11.2. The molecular formula is C13H20N2O. The molecule has 1 aromatic rings. The molecule has 3 heteroatoms. The molecular weight excluding hydrogens is 200 g/mol. The zero-order chi connectivity index (χ0) is 11.2. The zero-order valence-electron chi connectivity index (χ0n) is 9.91. The van der Waals surface area contributed by atoms with E-state index >= 15 is 0 Å². The first-order valence-corrected chi connectivity index (χ1v) is 6.16. The minimum absolute atomic E-state index is 0.730. The molecule has 0 unspecified atom stereocenters. The number of aromatic nitrogens is 1. The number of hydrogen-bond donors (Lipinski definition) is 1. The van der Waals surface area contributed by atoms with Crippen LogP contribution in [-0.4, -0.2) is 18.6 Å². The van der Waals surface area contributed by atoms with Crippen LogP contribution in [0.15, 0.2) is 18.2 Å². The van der Waals surface area contributed by atoms with E-state index in [9.17, 15) is 0 Å². The van der Waals surface area contributed by atoms with Gasteiger partial charge in [0, 0.05) is 13.1 Å². The summed E-state index contributed by atoms with van der Waals surface area (Å²) in [6, 6.07) is 5.83. The summed E-state index contributed by atoms with van der Waals surface area (Å²) < 4.78 is 5.74. The Balaban J connectivity index is 1.83. The minimum Gasteiger partial charge on any atom is -0.477 e. The maximum absolute atomic E-state index is 5.74. The minimum atomic E-state index is 0.730. The van der Waals surface area contributed by atoms with Gasteiger partial charge in [-0.1, -0.05) is 25.3 Å². The van der Waals surface area contributed by atoms with Crippen LogP contribution in [0, 0.1) is 5.92 Å². The average Bonchev–Trinajstić information content (AvgIpc) is 2.38. The quantitative estimate of drug-likeness (QED) is 0.846. The molecule has 1 heterocycles. The van der Waals surface area contributed by atoms with E-state index in [0.29, 0.717) is 0 Å². The van der Waals surface area contributed by atoms with Crippen molar-refractivity contribution < 1.29 is 4.74 Å². The fourth-order valence-electron chi connectivity index (χ4n) is 2.19. The van der Waals surface area contributed by atoms with Gasteiger partial charge in [0.25, 0.3) is 0 Å². The molecule has 0 atom stereocenters. The number of anilines is 1. The van der Waals surface area contributed by atoms with Crippen LogP contribution in [0.2, 0.25) is 0 Å². The highest BCUT2D eigenvalue weighted by Gasteiger charge is 2.14. The van der Waals surface area contributed by atoms with Gasteiger partial charge >= 0.3 is 0 Å². The molecule has 0 aliphatic heterocycles. The van der Waals surface area contributed by atoms with Gasteiger partial charge in [0.15, 0.2) is 0 Å². The van der Waals surface area contributed by atoms with Crippen molar-refractivity contribution in [2.45, 2.75) is 32.1 Å². The van der Waals surface area contributed by atoms with Gasteiger partial charge in [-0.05, 0) is 24.8 Å². The van der Waals surface area contributed by atoms with Gasteiger partial charge in [-0.3, -0.25) is 0 Å². The molecule has 0 amide bonds. The summed E-state index contributed by atoms with van der Waals surface area (Å²) in [5.74, 6) is 2.33. The van der Waals surface area contributed by atoms with Crippen LogP contribution >= 0.6 is 0 Å². The van der Waals surface area contributed by atoms with Crippen molar-refractivity contribution in [2.24, 2.45) is 5.92 Å². The molecule has 1 aromatic heterocycles. The van der Waals surface area contributed by atoms with Crippen LogP contribution in [0.5, 0.6) is 5.88 Å². The Morgan fingerprint density at radius 2 is 2.12 bits per heavy atom. The van der Waals surface area contributed by atoms with Crippen molar-refractivity contribution in [1.82, 2.24) is 4.98 Å². The van der Waals surface area contributed by atoms with Crippen LogP contribution in [0.1, 0.15) is 32.1 Å². The lowest BCUT2D eigenvalue weighted by molar-refractivity contribution is 0.203. The Hall–Kier alpha value is -1.25. The van der Waals surface area contributed by atoms with Crippen molar-refractivity contribution in [2.75, 3.05) is 19.0 Å². The van der Waals surface area contributed by atoms with Gasteiger partial charge in [0.05, 0.1) is 6.61 Å². The van der Waals surface area contributed by atoms with Crippen LogP contribution in [0.25, 0.3) is 0 Å². The van der Waals surface area contributed by atoms with Gasteiger partial charge in [-0.2, -0.15) is 4.98 Å². The van der Waals surface area contributed by atoms with Crippen LogP contribution in [-0.2, 0) is 0 Å². The summed E-state index contributed by atoms with van der Waals surface area (Å²) in [6.07, 6.45) is 6.73. The maximum Gasteiger partial charge on any atom is 0.215 e. The highest BCUT2D eigenvalue weighted by atomic mass is 16.5. The van der Waals surface area contributed by atoms with E-state index in [0.717, 1.165) is 24.2 Å². The summed E-state index contributed by atoms with van der Waals surface area (Å²) in [5, 5.41) is 3.01. The van der Waals surface area contributed by atoms with Crippen molar-refractivity contribution in [1.29, 1.82) is 0 Å². The largest absolute Gasteiger partial charge is 0.477 e. The van der Waals surface area contributed by atoms with E-state index in [1.54, 1.807) is 0 Å². The normalized spacial score (nSPS) is 17.1. The topological polar surface area (TPSA) is 34.1 Å². The predicted octanol–water partition coefficient (Wildman–Crippen LogP) is 3.08. The monoisotopic (exact) mass is 220 g/mol. The standard InChI is InChI=1S/C13H20N2O/c1-14-12-8-5-9-13(15-12)16-10-11-6-3-2-4-7-11/h5,8-9,11H,2-4,6-7,10H2,1H3,(H,14,15). The second-order valence-corrected chi connectivity index (χ2v) is 4.43. The lowest BCUT2D eigenvalue weighted by Gasteiger charge is -2.21. The van der Waals surface area contributed by atoms with Crippen molar-refractivity contribution in [3.05, 3.63) is 18.2 Å². The summed E-state index contributed by atoms with van der Waals surface area (Å²) in [5.41, 5.74) is 0. The van der Waals surface area contributed by atoms with Crippen LogP contribution in [0.4, 0.5) is 5.82 Å². The third-order valence-corrected chi connectivity index (χ3v) is 3.17. The first-order valence-electron chi connectivity index (χ1n) is 6.16. The molecule has 0 aromatic carbocycles. The maximum atomic E-state index is 5.74. The SMILES string of the molecule is CNc1cccc(OCC2CCCCC2)n1. The predicted molar refractivity (Wildman–Crippen MR) is 65.9 cm³/mol. The highest BCUT2D eigenvalue weighted by Crippen LogP contribution is 2.24. The molecule has 1 aliphatic carbocycles. The number of nitrogens with one attached hydrogen (secondary N) is 1. The van der Waals surface area contributed by atoms with E-state index in [4.69, 9.17) is 4.74 Å². The fraction of sp³-hybridized carbons (Fsp3) is 0.615. The van der Waals surface area contributed by atoms with E-state index in [-0.39, 0.29) is 0 Å². The third kappa shape index (κ3) is 3.12. The summed E-state index contributed by atoms with van der Waals surface area (Å²) in [4.78, 5) is 4.34. The summed E-state index contributed by atoms with van der Waals surface area (Å²) >= 11 is 0. The lowest BCUT2D eigenvalue weighted by atomic mass is 9.90. The zero-order valence-corrected chi connectivity index (χ0v) is 9.91. The molecule has 1 N–H and O–H groups in total. The van der Waals surface area contributed by atoms with Crippen molar-refractivity contribution in [3.8, 4) is 5.88 Å². The Morgan fingerprint density at radius 3 is 2.88 bits per heavy atom. The molecule has 0 radical (unpaired) electrons. The summed E-state index contributed by atoms with van der Waals surface area (Å²) in [6.45, 7) is 0.820. The summed E-state index contributed by atoms with van der Waals surface area (Å²) in [7, 11) is 1.87. The molecule has 1 aliphatic rings. The third-order valence-electron chi connectivity index (χ3n) is 3.17. The molecule has 1 saturated carbocycles. The molecule has 16 heavy (non-hydrogen) atoms. The van der Waals surface area contributed by atoms with Crippen LogP contribution < -0.4 is 10.1 Å². The molecule has 0 spiro atoms.